The van der Waals surface area contributed by atoms with Crippen LogP contribution in [0.3, 0.4) is 0 Å². The average Bonchev–Trinajstić information content (AvgIpc) is 0.753. The predicted octanol–water partition coefficient (Wildman–Crippen LogP) is 13.0. The van der Waals surface area contributed by atoms with Crippen molar-refractivity contribution in [2.75, 3.05) is 56.4 Å². The summed E-state index contributed by atoms with van der Waals surface area (Å²) in [5.74, 6) is 1.04. The smallest absolute Gasteiger partial charge is 0.370 e. The summed E-state index contributed by atoms with van der Waals surface area (Å²) in [5, 5.41) is 26.6. The normalized spacial score (nSPS) is 9.64. The summed E-state index contributed by atoms with van der Waals surface area (Å²) >= 11 is 0. The third-order valence-electron chi connectivity index (χ3n) is 22.7. The molecule has 764 valence electrons. The Bertz CT molecular complexity index is 4790. The molecule has 0 aliphatic rings. The molecule has 0 saturated heterocycles. The first-order chi connectivity index (χ1) is 67.2. The maximum Gasteiger partial charge on any atom is 4.00 e. The van der Waals surface area contributed by atoms with Gasteiger partial charge in [-0.15, -0.1) is 0 Å². The average molecular weight is 2320 g/mol. The Morgan fingerprint density at radius 3 is 0.233 bits per heavy atom. The Morgan fingerprint density at radius 2 is 0.199 bits per heavy atom. The predicted molar refractivity (Wildman–Crippen MR) is 628 cm³/mol. The minimum Gasteiger partial charge on any atom is -0.370 e. The molecule has 0 unspecified atom stereocenters. The fourth-order valence-corrected chi connectivity index (χ4v) is 16.5. The number of ketones is 4. The fraction of sp³-hybridized carbons (Fsp3) is 0.133. The summed E-state index contributed by atoms with van der Waals surface area (Å²) in [4.78, 5) is 43.9. The first-order valence-corrected chi connectivity index (χ1v) is 46.6. The number of hydrogen-bond donors (Lipinski definition) is 12. The van der Waals surface area contributed by atoms with Crippen molar-refractivity contribution in [1.29, 1.82) is 21.6 Å². The Kier molecular flexibility index (Phi) is 65.6. The van der Waals surface area contributed by atoms with Crippen molar-refractivity contribution in [2.45, 2.75) is 55.4 Å². The number of carbonyl (C=O) groups is 4. The van der Waals surface area contributed by atoms with Crippen molar-refractivity contribution in [3.63, 3.8) is 0 Å². The number of rotatable bonds is 16. The molecule has 0 fully saturated rings. The van der Waals surface area contributed by atoms with E-state index in [9.17, 15) is 19.2 Å². The molecule has 0 amide bonds. The number of carbonyl (C=O) groups excluding carboxylic acids is 4. The summed E-state index contributed by atoms with van der Waals surface area (Å²) in [6.45, 7) is 12.2. The number of guanidine groups is 4. The minimum absolute atomic E-state index is 0. The molecule has 24 N–H and O–H groups in total. The maximum absolute atomic E-state index is 9.44. The van der Waals surface area contributed by atoms with Gasteiger partial charge in [-0.25, -0.2) is 0 Å². The van der Waals surface area contributed by atoms with Crippen molar-refractivity contribution in [3.8, 4) is 0 Å². The van der Waals surface area contributed by atoms with Crippen LogP contribution in [0.1, 0.15) is 55.4 Å². The number of hydrogen-bond acceptors (Lipinski definition) is 12. The van der Waals surface area contributed by atoms with Crippen LogP contribution in [0.25, 0.3) is 0 Å². The number of nitrogens with one attached hydrogen (secondary N) is 4. The molecule has 0 spiro atoms. The van der Waals surface area contributed by atoms with E-state index in [2.05, 4.69) is 485 Å². The Hall–Kier alpha value is -15.2. The van der Waals surface area contributed by atoms with Crippen LogP contribution in [-0.4, -0.2) is 148 Å². The summed E-state index contributed by atoms with van der Waals surface area (Å²) in [5.41, 5.74) is 41.2. The van der Waals surface area contributed by atoms with Crippen LogP contribution in [0, 0.1) is 21.6 Å². The van der Waals surface area contributed by atoms with Gasteiger partial charge in [-0.2, -0.15) is 87.4 Å². The molecule has 20 nitrogen and oxygen atoms in total. The minimum atomic E-state index is -1.22. The molecule has 0 atom stereocenters. The van der Waals surface area contributed by atoms with Gasteiger partial charge in [0.2, 0.25) is 0 Å². The molecule has 146 heavy (non-hydrogen) atoms. The molecule has 0 bridgehead atoms. The summed E-state index contributed by atoms with van der Waals surface area (Å²) in [6, 6.07) is 174. The van der Waals surface area contributed by atoms with Crippen LogP contribution in [0.4, 0.5) is 0 Å². The van der Waals surface area contributed by atoms with Gasteiger partial charge >= 0.3 is 42.1 Å². The van der Waals surface area contributed by atoms with Gasteiger partial charge in [0.05, 0.1) is 0 Å². The van der Waals surface area contributed by atoms with Gasteiger partial charge in [-0.05, 0) is 55.4 Å². The molecular formula is C120H152B4N16O4Pt2+4. The largest absolute Gasteiger partial charge is 4.00 e. The molecule has 26 heteroatoms. The topological polar surface area (TPSA) is 421 Å². The fourth-order valence-electron chi connectivity index (χ4n) is 16.5. The standard InChI is InChI=1S/4C24H20B.4C3H9N3.4C3H6O.4H3N.2Pt/c4*1-5-13-21(14-6-1)25(22-15-7-2-8-16-22,23-17-9-3-10-18-23)24-19-11-4-12-20-24;4*1-6(2)3(4)5;4*1-3(2)4;;;;;;/h4*1-20H;4*1-2H3,(H3,4,5);4*1-2H3;4*1H3;;/q4*-1;;;;;;;;;;;;;2*+4. The van der Waals surface area contributed by atoms with E-state index < -0.39 is 24.6 Å². The molecule has 0 aliphatic heterocycles. The van der Waals surface area contributed by atoms with Crippen molar-refractivity contribution in [2.24, 2.45) is 22.9 Å². The zero-order valence-corrected chi connectivity index (χ0v) is 92.2. The second kappa shape index (κ2) is 72.1. The zero-order chi connectivity index (χ0) is 103. The van der Waals surface area contributed by atoms with Gasteiger partial charge in [-0.1, -0.05) is 485 Å². The first kappa shape index (κ1) is 133. The van der Waals surface area contributed by atoms with Crippen molar-refractivity contribution in [3.05, 3.63) is 485 Å². The number of Topliss-reactive ketones (excluding diaryl/α,β-unsaturated/α-hetero) is 4. The number of benzene rings is 16. The van der Waals surface area contributed by atoms with Crippen molar-refractivity contribution < 1.29 is 61.3 Å². The van der Waals surface area contributed by atoms with Gasteiger partial charge in [0.25, 0.3) is 0 Å². The summed E-state index contributed by atoms with van der Waals surface area (Å²) in [7, 11) is 13.8. The Morgan fingerprint density at radius 1 is 0.158 bits per heavy atom. The van der Waals surface area contributed by atoms with Crippen LogP contribution in [-0.2, 0) is 61.3 Å². The van der Waals surface area contributed by atoms with Crippen LogP contribution < -0.4 is 135 Å². The van der Waals surface area contributed by atoms with E-state index in [0.717, 1.165) is 0 Å². The van der Waals surface area contributed by atoms with Crippen LogP contribution in [0.15, 0.2) is 485 Å². The van der Waals surface area contributed by atoms with E-state index in [1.165, 1.54) is 162 Å². The Labute approximate surface area is 899 Å². The van der Waals surface area contributed by atoms with Gasteiger partial charge in [0.15, 0.2) is 23.8 Å². The van der Waals surface area contributed by atoms with Crippen LogP contribution >= 0.6 is 0 Å². The third-order valence-corrected chi connectivity index (χ3v) is 22.7. The summed E-state index contributed by atoms with van der Waals surface area (Å²) < 4.78 is 0. The molecule has 0 heterocycles. The molecule has 16 aromatic rings. The van der Waals surface area contributed by atoms with Gasteiger partial charge in [0, 0.05) is 56.4 Å². The zero-order valence-electron chi connectivity index (χ0n) is 87.7. The van der Waals surface area contributed by atoms with Gasteiger partial charge in [-0.3, -0.25) is 21.6 Å². The molecule has 0 aliphatic carbocycles. The second-order valence-electron chi connectivity index (χ2n) is 34.8. The SMILES string of the molecule is CC(C)=O.CC(C)=O.CC(C)=O.CC(C)=O.CN(C)C(=N)N.CN(C)C(=N)N.CN(C)C(=N)N.CN(C)C(=N)N.N.N.N.N.[Pt+4].[Pt+4].c1ccc([B-](c2ccccc2)(c2ccccc2)c2ccccc2)cc1.c1ccc([B-](c2ccccc2)(c2ccccc2)c2ccccc2)cc1.c1ccc([B-](c2ccccc2)(c2ccccc2)c2ccccc2)cc1.c1ccc([B-](c2ccccc2)(c2ccccc2)c2ccccc2)cc1. The Balaban J connectivity index is 0. The van der Waals surface area contributed by atoms with E-state index in [4.69, 9.17) is 44.6 Å². The molecule has 0 aromatic heterocycles. The molecule has 16 aromatic carbocycles. The summed E-state index contributed by atoms with van der Waals surface area (Å²) in [6.07, 6.45) is -4.86. The van der Waals surface area contributed by atoms with E-state index in [1.54, 1.807) is 56.4 Å². The van der Waals surface area contributed by atoms with Gasteiger partial charge < -0.3 is 86.3 Å². The second-order valence-corrected chi connectivity index (χ2v) is 34.8. The van der Waals surface area contributed by atoms with Crippen LogP contribution in [0.5, 0.6) is 0 Å². The third kappa shape index (κ3) is 41.6. The molecular weight excluding hydrogens is 2160 g/mol. The van der Waals surface area contributed by atoms with Crippen molar-refractivity contribution in [1.82, 2.24) is 44.2 Å². The van der Waals surface area contributed by atoms with E-state index in [-0.39, 0.29) is 114 Å². The maximum atomic E-state index is 9.44. The van der Waals surface area contributed by atoms with Crippen LogP contribution in [0.2, 0.25) is 0 Å². The van der Waals surface area contributed by atoms with E-state index >= 15 is 0 Å². The molecule has 0 saturated carbocycles. The quantitative estimate of drug-likeness (QED) is 0.0243. The number of nitrogens with two attached hydrogens (primary N) is 4. The van der Waals surface area contributed by atoms with E-state index in [1.807, 2.05) is 0 Å². The van der Waals surface area contributed by atoms with Crippen molar-refractivity contribution >= 4 is 159 Å². The molecule has 16 rings (SSSR count). The number of nitrogens with zero attached hydrogens (tertiary/aromatic N) is 4. The first-order valence-electron chi connectivity index (χ1n) is 46.6. The monoisotopic (exact) mass is 2320 g/mol. The van der Waals surface area contributed by atoms with E-state index in [0.29, 0.717) is 0 Å². The van der Waals surface area contributed by atoms with Gasteiger partial charge in [0.1, 0.15) is 47.7 Å². The molecule has 0 radical (unpaired) electrons.